The third-order valence-corrected chi connectivity index (χ3v) is 4.84. The van der Waals surface area contributed by atoms with E-state index in [0.717, 1.165) is 11.0 Å². The van der Waals surface area contributed by atoms with Gasteiger partial charge >= 0.3 is 0 Å². The number of rotatable bonds is 3. The Morgan fingerprint density at radius 2 is 1.79 bits per heavy atom. The molecule has 0 radical (unpaired) electrons. The highest BCUT2D eigenvalue weighted by atomic mass is 35.5. The maximum absolute atomic E-state index is 13.9. The lowest BCUT2D eigenvalue weighted by Crippen LogP contribution is -2.44. The second-order valence-electron chi connectivity index (χ2n) is 6.45. The minimum absolute atomic E-state index is 0.0310. The SMILES string of the molecule is O=C1CC(N2C(=O)c3ccc(NC(=O)c4ccc(Cl)cc4F)cc3C2=O)C(=O)N1. The van der Waals surface area contributed by atoms with Crippen LogP contribution in [-0.2, 0) is 9.59 Å². The fourth-order valence-electron chi connectivity index (χ4n) is 3.24. The van der Waals surface area contributed by atoms with Gasteiger partial charge < -0.3 is 5.32 Å². The Hall–Kier alpha value is -3.59. The highest BCUT2D eigenvalue weighted by Crippen LogP contribution is 2.29. The van der Waals surface area contributed by atoms with Crippen LogP contribution in [0.1, 0.15) is 37.5 Å². The summed E-state index contributed by atoms with van der Waals surface area (Å²) in [6, 6.07) is 6.30. The van der Waals surface area contributed by atoms with E-state index in [1.54, 1.807) is 0 Å². The van der Waals surface area contributed by atoms with Crippen LogP contribution in [0, 0.1) is 5.82 Å². The fourth-order valence-corrected chi connectivity index (χ4v) is 3.40. The smallest absolute Gasteiger partial charge is 0.262 e. The van der Waals surface area contributed by atoms with E-state index in [1.807, 2.05) is 0 Å². The predicted molar refractivity (Wildman–Crippen MR) is 97.9 cm³/mol. The lowest BCUT2D eigenvalue weighted by Gasteiger charge is -2.18. The Bertz CT molecular complexity index is 1130. The molecule has 0 spiro atoms. The minimum atomic E-state index is -1.21. The normalized spacial score (nSPS) is 18.1. The number of nitrogens with zero attached hydrogens (tertiary/aromatic N) is 1. The standard InChI is InChI=1S/C19H11ClFN3O5/c20-8-1-3-11(13(21)5-8)16(26)22-9-2-4-10-12(6-9)19(29)24(18(10)28)14-7-15(25)23-17(14)27/h1-6,14H,7H2,(H,22,26)(H,23,25,27). The number of benzene rings is 2. The van der Waals surface area contributed by atoms with Crippen molar-refractivity contribution in [1.29, 1.82) is 0 Å². The van der Waals surface area contributed by atoms with Crippen LogP contribution in [0.5, 0.6) is 0 Å². The van der Waals surface area contributed by atoms with Crippen LogP contribution in [-0.4, -0.2) is 40.5 Å². The number of amides is 5. The number of fused-ring (bicyclic) bond motifs is 1. The number of imide groups is 2. The molecule has 2 aromatic rings. The Morgan fingerprint density at radius 3 is 2.45 bits per heavy atom. The molecule has 2 aliphatic heterocycles. The summed E-state index contributed by atoms with van der Waals surface area (Å²) in [7, 11) is 0. The fraction of sp³-hybridized carbons (Fsp3) is 0.105. The summed E-state index contributed by atoms with van der Waals surface area (Å²) in [4.78, 5) is 61.5. The summed E-state index contributed by atoms with van der Waals surface area (Å²) in [5.74, 6) is -4.35. The van der Waals surface area contributed by atoms with Crippen molar-refractivity contribution in [3.8, 4) is 0 Å². The van der Waals surface area contributed by atoms with Crippen LogP contribution in [0.3, 0.4) is 0 Å². The van der Waals surface area contributed by atoms with Gasteiger partial charge in [-0.1, -0.05) is 11.6 Å². The molecule has 2 heterocycles. The summed E-state index contributed by atoms with van der Waals surface area (Å²) in [5, 5.41) is 4.63. The summed E-state index contributed by atoms with van der Waals surface area (Å²) < 4.78 is 13.9. The molecule has 0 aliphatic carbocycles. The van der Waals surface area contributed by atoms with E-state index in [2.05, 4.69) is 10.6 Å². The molecule has 0 bridgehead atoms. The average molecular weight is 416 g/mol. The number of nitrogens with one attached hydrogen (secondary N) is 2. The molecule has 2 N–H and O–H groups in total. The highest BCUT2D eigenvalue weighted by Gasteiger charge is 2.46. The molecule has 2 aromatic carbocycles. The van der Waals surface area contributed by atoms with Gasteiger partial charge in [0.25, 0.3) is 17.7 Å². The van der Waals surface area contributed by atoms with E-state index in [1.165, 1.54) is 30.3 Å². The number of carbonyl (C=O) groups excluding carboxylic acids is 5. The molecule has 5 amide bonds. The molecule has 8 nitrogen and oxygen atoms in total. The predicted octanol–water partition coefficient (Wildman–Crippen LogP) is 1.74. The molecule has 0 aromatic heterocycles. The molecular weight excluding hydrogens is 405 g/mol. The van der Waals surface area contributed by atoms with E-state index < -0.39 is 41.4 Å². The maximum atomic E-state index is 13.9. The van der Waals surface area contributed by atoms with E-state index in [0.29, 0.717) is 0 Å². The van der Waals surface area contributed by atoms with Crippen molar-refractivity contribution in [2.75, 3.05) is 5.32 Å². The quantitative estimate of drug-likeness (QED) is 0.741. The van der Waals surface area contributed by atoms with Crippen LogP contribution in [0.2, 0.25) is 5.02 Å². The van der Waals surface area contributed by atoms with Crippen molar-refractivity contribution in [1.82, 2.24) is 10.2 Å². The first-order valence-corrected chi connectivity index (χ1v) is 8.76. The third kappa shape index (κ3) is 3.15. The Kier molecular flexibility index (Phi) is 4.39. The molecule has 4 rings (SSSR count). The van der Waals surface area contributed by atoms with Crippen LogP contribution in [0.4, 0.5) is 10.1 Å². The first-order valence-electron chi connectivity index (χ1n) is 8.38. The van der Waals surface area contributed by atoms with Crippen LogP contribution >= 0.6 is 11.6 Å². The molecule has 1 fully saturated rings. The van der Waals surface area contributed by atoms with Gasteiger partial charge in [0.15, 0.2) is 0 Å². The molecule has 146 valence electrons. The minimum Gasteiger partial charge on any atom is -0.322 e. The summed E-state index contributed by atoms with van der Waals surface area (Å²) >= 11 is 5.67. The first-order chi connectivity index (χ1) is 13.8. The second kappa shape index (κ2) is 6.78. The van der Waals surface area contributed by atoms with E-state index in [9.17, 15) is 28.4 Å². The number of carbonyl (C=O) groups is 5. The van der Waals surface area contributed by atoms with E-state index in [-0.39, 0.29) is 33.8 Å². The summed E-state index contributed by atoms with van der Waals surface area (Å²) in [5.41, 5.74) is -0.0903. The van der Waals surface area contributed by atoms with Crippen molar-refractivity contribution < 1.29 is 28.4 Å². The number of anilines is 1. The van der Waals surface area contributed by atoms with Crippen molar-refractivity contribution in [2.45, 2.75) is 12.5 Å². The van der Waals surface area contributed by atoms with Crippen molar-refractivity contribution in [2.24, 2.45) is 0 Å². The van der Waals surface area contributed by atoms with Crippen molar-refractivity contribution in [3.63, 3.8) is 0 Å². The van der Waals surface area contributed by atoms with E-state index >= 15 is 0 Å². The Labute approximate surface area is 167 Å². The summed E-state index contributed by atoms with van der Waals surface area (Å²) in [6.07, 6.45) is -0.302. The number of halogens is 2. The molecule has 10 heteroatoms. The summed E-state index contributed by atoms with van der Waals surface area (Å²) in [6.45, 7) is 0. The number of hydrogen-bond donors (Lipinski definition) is 2. The zero-order chi connectivity index (χ0) is 20.9. The second-order valence-corrected chi connectivity index (χ2v) is 6.89. The van der Waals surface area contributed by atoms with Gasteiger partial charge in [-0.2, -0.15) is 0 Å². The third-order valence-electron chi connectivity index (χ3n) is 4.61. The van der Waals surface area contributed by atoms with Crippen molar-refractivity contribution >= 4 is 46.8 Å². The van der Waals surface area contributed by atoms with Gasteiger partial charge in [0.2, 0.25) is 11.8 Å². The van der Waals surface area contributed by atoms with Crippen LogP contribution in [0.25, 0.3) is 0 Å². The topological polar surface area (TPSA) is 113 Å². The van der Waals surface area contributed by atoms with Gasteiger partial charge in [-0.15, -0.1) is 0 Å². The molecular formula is C19H11ClFN3O5. The van der Waals surface area contributed by atoms with Crippen LogP contribution in [0.15, 0.2) is 36.4 Å². The number of hydrogen-bond acceptors (Lipinski definition) is 5. The van der Waals surface area contributed by atoms with Crippen molar-refractivity contribution in [3.05, 3.63) is 63.9 Å². The first kappa shape index (κ1) is 18.8. The average Bonchev–Trinajstić information content (AvgIpc) is 3.10. The van der Waals surface area contributed by atoms with Gasteiger partial charge in [-0.25, -0.2) is 4.39 Å². The van der Waals surface area contributed by atoms with Gasteiger partial charge in [0.05, 0.1) is 23.1 Å². The zero-order valence-electron chi connectivity index (χ0n) is 14.5. The highest BCUT2D eigenvalue weighted by molar-refractivity contribution is 6.30. The van der Waals surface area contributed by atoms with E-state index in [4.69, 9.17) is 11.6 Å². The molecule has 2 aliphatic rings. The molecule has 0 saturated carbocycles. The monoisotopic (exact) mass is 415 g/mol. The lowest BCUT2D eigenvalue weighted by molar-refractivity contribution is -0.125. The molecule has 1 saturated heterocycles. The van der Waals surface area contributed by atoms with Gasteiger partial charge in [-0.05, 0) is 36.4 Å². The maximum Gasteiger partial charge on any atom is 0.262 e. The van der Waals surface area contributed by atoms with Crippen LogP contribution < -0.4 is 10.6 Å². The molecule has 1 atom stereocenters. The Balaban J connectivity index is 1.60. The molecule has 1 unspecified atom stereocenters. The van der Waals surface area contributed by atoms with Gasteiger partial charge in [0, 0.05) is 10.7 Å². The van der Waals surface area contributed by atoms with Gasteiger partial charge in [-0.3, -0.25) is 34.2 Å². The largest absolute Gasteiger partial charge is 0.322 e. The lowest BCUT2D eigenvalue weighted by atomic mass is 10.1. The Morgan fingerprint density at radius 1 is 1.07 bits per heavy atom. The van der Waals surface area contributed by atoms with Gasteiger partial charge in [0.1, 0.15) is 11.9 Å². The zero-order valence-corrected chi connectivity index (χ0v) is 15.2. The molecule has 29 heavy (non-hydrogen) atoms.